The van der Waals surface area contributed by atoms with Crippen molar-refractivity contribution in [3.63, 3.8) is 0 Å². The molecule has 1 fully saturated rings. The van der Waals surface area contributed by atoms with Crippen molar-refractivity contribution in [1.82, 2.24) is 4.90 Å². The predicted octanol–water partition coefficient (Wildman–Crippen LogP) is 3.45. The first-order chi connectivity index (χ1) is 9.62. The molecule has 2 N–H and O–H groups in total. The van der Waals surface area contributed by atoms with Gasteiger partial charge < -0.3 is 10.5 Å². The summed E-state index contributed by atoms with van der Waals surface area (Å²) >= 11 is 6.09. The molecule has 0 spiro atoms. The van der Waals surface area contributed by atoms with Crippen molar-refractivity contribution in [2.24, 2.45) is 5.73 Å². The Hall–Kier alpha value is -0.610. The second kappa shape index (κ2) is 5.54. The Bertz CT molecular complexity index is 515. The maximum Gasteiger partial charge on any atom is 0.0830 e. The molecule has 2 rings (SSSR count). The van der Waals surface area contributed by atoms with Crippen molar-refractivity contribution in [2.45, 2.75) is 57.4 Å². The van der Waals surface area contributed by atoms with E-state index in [9.17, 15) is 0 Å². The Labute approximate surface area is 133 Å². The minimum atomic E-state index is -0.293. The van der Waals surface area contributed by atoms with E-state index >= 15 is 0 Å². The molecule has 4 heteroatoms. The number of ether oxygens (including phenoxy) is 1. The highest BCUT2D eigenvalue weighted by molar-refractivity contribution is 6.30. The molecular weight excluding hydrogens is 284 g/mol. The molecule has 0 aliphatic carbocycles. The van der Waals surface area contributed by atoms with E-state index in [1.54, 1.807) is 0 Å². The topological polar surface area (TPSA) is 38.5 Å². The lowest BCUT2D eigenvalue weighted by atomic mass is 9.77. The second-order valence-electron chi connectivity index (χ2n) is 7.27. The average Bonchev–Trinajstić information content (AvgIpc) is 2.54. The van der Waals surface area contributed by atoms with Crippen LogP contribution < -0.4 is 5.73 Å². The number of nitrogens with zero attached hydrogens (tertiary/aromatic N) is 1. The van der Waals surface area contributed by atoms with Gasteiger partial charge >= 0.3 is 0 Å². The summed E-state index contributed by atoms with van der Waals surface area (Å²) in [5, 5.41) is 0.768. The van der Waals surface area contributed by atoms with Gasteiger partial charge in [-0.25, -0.2) is 0 Å². The number of hydrogen-bond donors (Lipinski definition) is 1. The summed E-state index contributed by atoms with van der Waals surface area (Å²) in [4.78, 5) is 2.33. The van der Waals surface area contributed by atoms with Gasteiger partial charge in [-0.05, 0) is 58.9 Å². The van der Waals surface area contributed by atoms with E-state index in [4.69, 9.17) is 22.1 Å². The van der Waals surface area contributed by atoms with E-state index in [1.165, 1.54) is 5.56 Å². The van der Waals surface area contributed by atoms with Gasteiger partial charge in [-0.1, -0.05) is 23.7 Å². The number of likely N-dealkylation sites (N-methyl/N-ethyl adjacent to an activating group) is 1. The van der Waals surface area contributed by atoms with E-state index in [-0.39, 0.29) is 16.7 Å². The van der Waals surface area contributed by atoms with Crippen LogP contribution in [0.5, 0.6) is 0 Å². The average molecular weight is 311 g/mol. The molecule has 0 aromatic heterocycles. The monoisotopic (exact) mass is 310 g/mol. The second-order valence-corrected chi connectivity index (χ2v) is 7.71. The molecule has 1 aromatic rings. The van der Waals surface area contributed by atoms with Gasteiger partial charge in [-0.3, -0.25) is 4.90 Å². The van der Waals surface area contributed by atoms with Gasteiger partial charge in [0.15, 0.2) is 0 Å². The third-order valence-corrected chi connectivity index (χ3v) is 4.98. The molecule has 0 bridgehead atoms. The fourth-order valence-electron chi connectivity index (χ4n) is 3.87. The van der Waals surface area contributed by atoms with Crippen LogP contribution in [0.4, 0.5) is 0 Å². The zero-order valence-corrected chi connectivity index (χ0v) is 14.5. The molecule has 0 radical (unpaired) electrons. The van der Waals surface area contributed by atoms with Gasteiger partial charge in [-0.15, -0.1) is 0 Å². The van der Waals surface area contributed by atoms with Crippen molar-refractivity contribution < 1.29 is 4.74 Å². The summed E-state index contributed by atoms with van der Waals surface area (Å²) in [6.07, 6.45) is 0.917. The third-order valence-electron chi connectivity index (χ3n) is 4.75. The van der Waals surface area contributed by atoms with Gasteiger partial charge in [-0.2, -0.15) is 0 Å². The van der Waals surface area contributed by atoms with Crippen LogP contribution >= 0.6 is 11.6 Å². The van der Waals surface area contributed by atoms with Crippen molar-refractivity contribution in [3.05, 3.63) is 34.9 Å². The van der Waals surface area contributed by atoms with Gasteiger partial charge in [0.1, 0.15) is 0 Å². The van der Waals surface area contributed by atoms with Crippen LogP contribution in [0.15, 0.2) is 24.3 Å². The molecule has 118 valence electrons. The SMILES string of the molecule is CN(Cc1cccc(Cl)c1)C1(CN)CC(C)(C)OC1(C)C. The summed E-state index contributed by atoms with van der Waals surface area (Å²) in [7, 11) is 2.13. The van der Waals surface area contributed by atoms with Crippen molar-refractivity contribution in [2.75, 3.05) is 13.6 Å². The Morgan fingerprint density at radius 3 is 2.43 bits per heavy atom. The number of hydrogen-bond acceptors (Lipinski definition) is 3. The molecule has 1 heterocycles. The summed E-state index contributed by atoms with van der Waals surface area (Å²) in [5.74, 6) is 0. The van der Waals surface area contributed by atoms with Gasteiger partial charge in [0.25, 0.3) is 0 Å². The molecule has 1 saturated heterocycles. The molecule has 1 unspecified atom stereocenters. The van der Waals surface area contributed by atoms with Crippen molar-refractivity contribution in [1.29, 1.82) is 0 Å². The molecule has 1 aromatic carbocycles. The fourth-order valence-corrected chi connectivity index (χ4v) is 4.08. The minimum Gasteiger partial charge on any atom is -0.368 e. The van der Waals surface area contributed by atoms with E-state index in [2.05, 4.69) is 45.7 Å². The summed E-state index contributed by atoms with van der Waals surface area (Å²) < 4.78 is 6.28. The molecule has 21 heavy (non-hydrogen) atoms. The van der Waals surface area contributed by atoms with Crippen molar-refractivity contribution >= 4 is 11.6 Å². The Morgan fingerprint density at radius 2 is 1.95 bits per heavy atom. The lowest BCUT2D eigenvalue weighted by Gasteiger charge is -2.46. The number of nitrogens with two attached hydrogens (primary N) is 1. The van der Waals surface area contributed by atoms with Crippen LogP contribution in [0.25, 0.3) is 0 Å². The van der Waals surface area contributed by atoms with Gasteiger partial charge in [0.05, 0.1) is 16.7 Å². The minimum absolute atomic E-state index is 0.161. The molecular formula is C17H27ClN2O. The maximum absolute atomic E-state index is 6.28. The van der Waals surface area contributed by atoms with Crippen LogP contribution in [0.2, 0.25) is 5.02 Å². The van der Waals surface area contributed by atoms with E-state index in [0.717, 1.165) is 18.0 Å². The third kappa shape index (κ3) is 3.11. The maximum atomic E-state index is 6.28. The van der Waals surface area contributed by atoms with Gasteiger partial charge in [0.2, 0.25) is 0 Å². The van der Waals surface area contributed by atoms with E-state index in [1.807, 2.05) is 18.2 Å². The highest BCUT2D eigenvalue weighted by Gasteiger charge is 2.58. The van der Waals surface area contributed by atoms with E-state index in [0.29, 0.717) is 6.54 Å². The lowest BCUT2D eigenvalue weighted by molar-refractivity contribution is -0.101. The molecule has 1 atom stereocenters. The highest BCUT2D eigenvalue weighted by Crippen LogP contribution is 2.47. The zero-order chi connectivity index (χ0) is 15.9. The quantitative estimate of drug-likeness (QED) is 0.925. The molecule has 0 amide bonds. The fraction of sp³-hybridized carbons (Fsp3) is 0.647. The van der Waals surface area contributed by atoms with Crippen LogP contribution in [0.1, 0.15) is 39.7 Å². The zero-order valence-electron chi connectivity index (χ0n) is 13.7. The first-order valence-corrected chi connectivity index (χ1v) is 7.86. The van der Waals surface area contributed by atoms with Crippen LogP contribution in [-0.2, 0) is 11.3 Å². The first-order valence-electron chi connectivity index (χ1n) is 7.48. The molecule has 0 saturated carbocycles. The molecule has 3 nitrogen and oxygen atoms in total. The summed E-state index contributed by atoms with van der Waals surface area (Å²) in [6.45, 7) is 9.94. The summed E-state index contributed by atoms with van der Waals surface area (Å²) in [6, 6.07) is 7.99. The normalized spacial score (nSPS) is 27.2. The van der Waals surface area contributed by atoms with Crippen LogP contribution in [0, 0.1) is 0 Å². The predicted molar refractivity (Wildman–Crippen MR) is 88.6 cm³/mol. The largest absolute Gasteiger partial charge is 0.368 e. The standard InChI is InChI=1S/C17H27ClN2O/c1-15(2)11-17(12-19,16(3,4)21-15)20(5)10-13-7-6-8-14(18)9-13/h6-9H,10-12,19H2,1-5H3. The van der Waals surface area contributed by atoms with Crippen LogP contribution in [0.3, 0.4) is 0 Å². The van der Waals surface area contributed by atoms with Crippen molar-refractivity contribution in [3.8, 4) is 0 Å². The Morgan fingerprint density at radius 1 is 1.29 bits per heavy atom. The Kier molecular flexibility index (Phi) is 4.42. The van der Waals surface area contributed by atoms with E-state index < -0.39 is 0 Å². The smallest absolute Gasteiger partial charge is 0.0830 e. The number of halogens is 1. The lowest BCUT2D eigenvalue weighted by Crippen LogP contribution is -2.61. The highest BCUT2D eigenvalue weighted by atomic mass is 35.5. The molecule has 1 aliphatic rings. The number of benzene rings is 1. The first kappa shape index (κ1) is 16.8. The molecule has 1 aliphatic heterocycles. The van der Waals surface area contributed by atoms with Crippen LogP contribution in [-0.4, -0.2) is 35.2 Å². The Balaban J connectivity index is 2.28. The summed E-state index contributed by atoms with van der Waals surface area (Å²) in [5.41, 5.74) is 6.76. The number of rotatable bonds is 4. The van der Waals surface area contributed by atoms with Gasteiger partial charge in [0, 0.05) is 18.1 Å².